The summed E-state index contributed by atoms with van der Waals surface area (Å²) in [5.74, 6) is 0. The number of rotatable bonds is 3. The number of nitrogens with one attached hydrogen (secondary N) is 1. The molecule has 0 saturated heterocycles. The monoisotopic (exact) mass is 191 g/mol. The van der Waals surface area contributed by atoms with Crippen LogP contribution in [0.1, 0.15) is 31.1 Å². The molecule has 1 aromatic carbocycles. The summed E-state index contributed by atoms with van der Waals surface area (Å²) in [6, 6.07) is 7.04. The van der Waals surface area contributed by atoms with Crippen LogP contribution in [0.5, 0.6) is 0 Å². The molecule has 2 heteroatoms. The normalized spacial score (nSPS) is 13.1. The quantitative estimate of drug-likeness (QED) is 0.557. The lowest BCUT2D eigenvalue weighted by Crippen LogP contribution is -1.95. The summed E-state index contributed by atoms with van der Waals surface area (Å²) >= 11 is 0. The molecular formula is C12H14FN. The molecule has 14 heavy (non-hydrogen) atoms. The average Bonchev–Trinajstić information content (AvgIpc) is 2.18. The van der Waals surface area contributed by atoms with E-state index in [4.69, 9.17) is 5.41 Å². The Labute approximate surface area is 83.8 Å². The highest BCUT2D eigenvalue weighted by Gasteiger charge is 2.05. The maximum absolute atomic E-state index is 13.4. The van der Waals surface area contributed by atoms with Crippen molar-refractivity contribution in [2.75, 3.05) is 0 Å². The summed E-state index contributed by atoms with van der Waals surface area (Å²) in [7, 11) is 0. The number of hydrogen-bond donors (Lipinski definition) is 1. The highest BCUT2D eigenvalue weighted by molar-refractivity contribution is 5.96. The van der Waals surface area contributed by atoms with Crippen molar-refractivity contribution in [3.8, 4) is 0 Å². The maximum atomic E-state index is 13.4. The van der Waals surface area contributed by atoms with E-state index in [0.29, 0.717) is 11.3 Å². The summed E-state index contributed by atoms with van der Waals surface area (Å²) in [6.45, 7) is 3.49. The summed E-state index contributed by atoms with van der Waals surface area (Å²) in [5, 5.41) is 7.43. The number of alkyl halides is 1. The molecule has 1 rings (SSSR count). The van der Waals surface area contributed by atoms with Crippen LogP contribution < -0.4 is 0 Å². The first-order valence-corrected chi connectivity index (χ1v) is 4.57. The van der Waals surface area contributed by atoms with E-state index in [0.717, 1.165) is 5.56 Å². The van der Waals surface area contributed by atoms with Gasteiger partial charge in [0.15, 0.2) is 0 Å². The molecule has 1 N–H and O–H groups in total. The van der Waals surface area contributed by atoms with Crippen molar-refractivity contribution < 1.29 is 4.39 Å². The molecule has 1 aromatic rings. The van der Waals surface area contributed by atoms with Crippen LogP contribution >= 0.6 is 0 Å². The van der Waals surface area contributed by atoms with Crippen LogP contribution in [0.2, 0.25) is 0 Å². The van der Waals surface area contributed by atoms with E-state index in [-0.39, 0.29) is 0 Å². The van der Waals surface area contributed by atoms with Gasteiger partial charge in [0.05, 0.1) is 0 Å². The zero-order valence-corrected chi connectivity index (χ0v) is 8.42. The Kier molecular flexibility index (Phi) is 3.57. The lowest BCUT2D eigenvalue weighted by atomic mass is 10.0. The van der Waals surface area contributed by atoms with Crippen LogP contribution in [-0.4, -0.2) is 5.71 Å². The van der Waals surface area contributed by atoms with Crippen molar-refractivity contribution in [3.63, 3.8) is 0 Å². The van der Waals surface area contributed by atoms with Gasteiger partial charge in [0, 0.05) is 5.71 Å². The van der Waals surface area contributed by atoms with Gasteiger partial charge in [-0.3, -0.25) is 0 Å². The lowest BCUT2D eigenvalue weighted by Gasteiger charge is -2.05. The Bertz CT molecular complexity index is 355. The van der Waals surface area contributed by atoms with Gasteiger partial charge in [-0.15, -0.1) is 0 Å². The largest absolute Gasteiger partial charge is 0.305 e. The fourth-order valence-electron chi connectivity index (χ4n) is 1.22. The molecule has 74 valence electrons. The number of hydrogen-bond acceptors (Lipinski definition) is 1. The molecular weight excluding hydrogens is 177 g/mol. The molecule has 0 saturated carbocycles. The van der Waals surface area contributed by atoms with Gasteiger partial charge in [-0.05, 0) is 31.0 Å². The van der Waals surface area contributed by atoms with Gasteiger partial charge in [-0.1, -0.05) is 30.4 Å². The van der Waals surface area contributed by atoms with Crippen LogP contribution in [0.15, 0.2) is 36.4 Å². The van der Waals surface area contributed by atoms with Gasteiger partial charge >= 0.3 is 0 Å². The zero-order chi connectivity index (χ0) is 10.6. The van der Waals surface area contributed by atoms with Crippen LogP contribution in [0.3, 0.4) is 0 Å². The molecule has 0 amide bonds. The molecule has 0 aliphatic rings. The third kappa shape index (κ3) is 2.52. The summed E-state index contributed by atoms with van der Waals surface area (Å²) in [4.78, 5) is 0. The fraction of sp³-hybridized carbons (Fsp3) is 0.250. The van der Waals surface area contributed by atoms with Crippen molar-refractivity contribution in [1.29, 1.82) is 5.41 Å². The summed E-state index contributed by atoms with van der Waals surface area (Å²) in [6.07, 6.45) is 2.12. The predicted molar refractivity (Wildman–Crippen MR) is 57.6 cm³/mol. The van der Waals surface area contributed by atoms with Crippen molar-refractivity contribution in [2.24, 2.45) is 0 Å². The Hall–Kier alpha value is -1.44. The molecule has 1 unspecified atom stereocenters. The van der Waals surface area contributed by atoms with Crippen LogP contribution in [0.4, 0.5) is 4.39 Å². The molecule has 0 radical (unpaired) electrons. The zero-order valence-electron chi connectivity index (χ0n) is 8.42. The molecule has 0 aromatic heterocycles. The van der Waals surface area contributed by atoms with Gasteiger partial charge < -0.3 is 5.41 Å². The molecule has 0 aliphatic carbocycles. The second-order valence-corrected chi connectivity index (χ2v) is 3.18. The number of halogens is 1. The smallest absolute Gasteiger partial charge is 0.143 e. The molecule has 0 aliphatic heterocycles. The van der Waals surface area contributed by atoms with E-state index >= 15 is 0 Å². The highest BCUT2D eigenvalue weighted by Crippen LogP contribution is 2.19. The van der Waals surface area contributed by atoms with Gasteiger partial charge in [0.2, 0.25) is 0 Å². The van der Waals surface area contributed by atoms with E-state index in [1.54, 1.807) is 38.1 Å². The topological polar surface area (TPSA) is 23.9 Å². The first kappa shape index (κ1) is 10.6. The predicted octanol–water partition coefficient (Wildman–Crippen LogP) is 3.66. The van der Waals surface area contributed by atoms with Gasteiger partial charge in [-0.2, -0.15) is 0 Å². The highest BCUT2D eigenvalue weighted by atomic mass is 19.1. The van der Waals surface area contributed by atoms with Gasteiger partial charge in [-0.25, -0.2) is 4.39 Å². The minimum atomic E-state index is -1.07. The Morgan fingerprint density at radius 1 is 1.50 bits per heavy atom. The van der Waals surface area contributed by atoms with Gasteiger partial charge in [0.25, 0.3) is 0 Å². The van der Waals surface area contributed by atoms with E-state index < -0.39 is 6.17 Å². The Morgan fingerprint density at radius 2 is 2.21 bits per heavy atom. The Balaban J connectivity index is 2.99. The minimum absolute atomic E-state index is 0.458. The maximum Gasteiger partial charge on any atom is 0.143 e. The van der Waals surface area contributed by atoms with E-state index in [1.165, 1.54) is 6.08 Å². The Morgan fingerprint density at radius 3 is 2.79 bits per heavy atom. The first-order chi connectivity index (χ1) is 6.65. The van der Waals surface area contributed by atoms with Crippen LogP contribution in [-0.2, 0) is 0 Å². The van der Waals surface area contributed by atoms with Crippen molar-refractivity contribution in [2.45, 2.75) is 20.0 Å². The van der Waals surface area contributed by atoms with Crippen LogP contribution in [0.25, 0.3) is 0 Å². The standard InChI is InChI=1S/C12H14FN/c1-3-5-12(13)11-7-4-6-10(8-11)9(2)14/h3-8,12,14H,1-2H3/b5-3+,14-9?. The summed E-state index contributed by atoms with van der Waals surface area (Å²) < 4.78 is 13.4. The molecule has 0 heterocycles. The van der Waals surface area contributed by atoms with Gasteiger partial charge in [0.1, 0.15) is 6.17 Å². The molecule has 0 bridgehead atoms. The van der Waals surface area contributed by atoms with E-state index in [9.17, 15) is 4.39 Å². The SMILES string of the molecule is C/C=C/C(F)c1cccc(C(C)=N)c1. The minimum Gasteiger partial charge on any atom is -0.305 e. The molecule has 1 atom stereocenters. The second-order valence-electron chi connectivity index (χ2n) is 3.18. The van der Waals surface area contributed by atoms with Crippen LogP contribution in [0, 0.1) is 5.41 Å². The third-order valence-corrected chi connectivity index (χ3v) is 2.00. The first-order valence-electron chi connectivity index (χ1n) is 4.57. The van der Waals surface area contributed by atoms with Crippen molar-refractivity contribution >= 4 is 5.71 Å². The number of allylic oxidation sites excluding steroid dienone is 2. The summed E-state index contributed by atoms with van der Waals surface area (Å²) in [5.41, 5.74) is 1.83. The average molecular weight is 191 g/mol. The second kappa shape index (κ2) is 4.70. The van der Waals surface area contributed by atoms with E-state index in [1.807, 2.05) is 6.07 Å². The number of benzene rings is 1. The van der Waals surface area contributed by atoms with Crippen molar-refractivity contribution in [1.82, 2.24) is 0 Å². The third-order valence-electron chi connectivity index (χ3n) is 2.00. The molecule has 0 fully saturated rings. The molecule has 1 nitrogen and oxygen atoms in total. The van der Waals surface area contributed by atoms with Crippen molar-refractivity contribution in [3.05, 3.63) is 47.5 Å². The molecule has 0 spiro atoms. The fourth-order valence-corrected chi connectivity index (χ4v) is 1.22. The lowest BCUT2D eigenvalue weighted by molar-refractivity contribution is 0.414. The van der Waals surface area contributed by atoms with E-state index in [2.05, 4.69) is 0 Å².